The molecule has 1 N–H and O–H groups in total. The first-order valence-corrected chi connectivity index (χ1v) is 3.56. The third kappa shape index (κ3) is 1.77. The maximum Gasteiger partial charge on any atom is 0.340 e. The lowest BCUT2D eigenvalue weighted by atomic mass is 9.91. The molecule has 0 saturated carbocycles. The van der Waals surface area contributed by atoms with E-state index < -0.39 is 15.7 Å². The molecule has 2 nitrogen and oxygen atoms in total. The van der Waals surface area contributed by atoms with Crippen molar-refractivity contribution < 1.29 is 9.90 Å². The summed E-state index contributed by atoms with van der Waals surface area (Å²) in [5.74, 6) is -1.21. The van der Waals surface area contributed by atoms with Crippen LogP contribution in [-0.2, 0) is 4.79 Å². The molecule has 0 saturated heterocycles. The molecular weight excluding hydrogens is 175 g/mol. The molecule has 0 heterocycles. The molecule has 0 aliphatic carbocycles. The zero-order chi connectivity index (χ0) is 8.58. The average molecular weight is 185 g/mol. The summed E-state index contributed by atoms with van der Waals surface area (Å²) in [6.45, 7) is 5.00. The van der Waals surface area contributed by atoms with Crippen LogP contribution in [0.2, 0.25) is 0 Å². The number of carboxylic acids is 1. The van der Waals surface area contributed by atoms with Gasteiger partial charge in [-0.15, -0.1) is 0 Å². The second-order valence-electron chi connectivity index (χ2n) is 3.13. The number of halogens is 2. The van der Waals surface area contributed by atoms with E-state index in [2.05, 4.69) is 0 Å². The van der Waals surface area contributed by atoms with E-state index in [9.17, 15) is 4.79 Å². The highest BCUT2D eigenvalue weighted by Gasteiger charge is 2.45. The molecule has 0 aliphatic heterocycles. The quantitative estimate of drug-likeness (QED) is 0.636. The predicted octanol–water partition coefficient (Wildman–Crippen LogP) is 2.29. The fraction of sp³-hybridized carbons (Fsp3) is 0.833. The van der Waals surface area contributed by atoms with Crippen molar-refractivity contribution in [2.75, 3.05) is 0 Å². The van der Waals surface area contributed by atoms with Gasteiger partial charge in [-0.2, -0.15) is 0 Å². The van der Waals surface area contributed by atoms with Gasteiger partial charge in [0.15, 0.2) is 0 Å². The van der Waals surface area contributed by atoms with Crippen LogP contribution < -0.4 is 0 Å². The summed E-state index contributed by atoms with van der Waals surface area (Å²) in [5.41, 5.74) is -0.651. The van der Waals surface area contributed by atoms with E-state index in [0.29, 0.717) is 0 Å². The summed E-state index contributed by atoms with van der Waals surface area (Å²) in [7, 11) is 0. The Hall–Kier alpha value is 0.0500. The van der Waals surface area contributed by atoms with Gasteiger partial charge in [-0.3, -0.25) is 0 Å². The lowest BCUT2D eigenvalue weighted by Gasteiger charge is -2.29. The highest BCUT2D eigenvalue weighted by atomic mass is 35.5. The molecule has 0 radical (unpaired) electrons. The predicted molar refractivity (Wildman–Crippen MR) is 41.5 cm³/mol. The van der Waals surface area contributed by atoms with Crippen molar-refractivity contribution in [2.45, 2.75) is 25.1 Å². The molecule has 4 heteroatoms. The number of carbonyl (C=O) groups is 1. The van der Waals surface area contributed by atoms with Crippen molar-refractivity contribution in [2.24, 2.45) is 5.41 Å². The summed E-state index contributed by atoms with van der Waals surface area (Å²) in [5, 5.41) is 8.51. The molecule has 0 unspecified atom stereocenters. The van der Waals surface area contributed by atoms with Gasteiger partial charge in [-0.05, 0) is 0 Å². The smallest absolute Gasteiger partial charge is 0.340 e. The van der Waals surface area contributed by atoms with Gasteiger partial charge in [0.25, 0.3) is 0 Å². The summed E-state index contributed by atoms with van der Waals surface area (Å²) in [4.78, 5) is 10.4. The standard InChI is InChI=1S/C6H10Cl2O2/c1-5(2,3)6(7,8)4(9)10/h1-3H3,(H,9,10). The highest BCUT2D eigenvalue weighted by Crippen LogP contribution is 2.40. The van der Waals surface area contributed by atoms with Crippen molar-refractivity contribution in [3.63, 3.8) is 0 Å². The molecule has 0 aromatic carbocycles. The van der Waals surface area contributed by atoms with Gasteiger partial charge in [-0.25, -0.2) is 4.79 Å². The molecule has 10 heavy (non-hydrogen) atoms. The largest absolute Gasteiger partial charge is 0.479 e. The monoisotopic (exact) mass is 184 g/mol. The molecule has 0 amide bonds. The Balaban J connectivity index is 4.57. The van der Waals surface area contributed by atoms with Crippen LogP contribution in [0, 0.1) is 5.41 Å². The van der Waals surface area contributed by atoms with E-state index in [1.165, 1.54) is 0 Å². The Morgan fingerprint density at radius 1 is 1.30 bits per heavy atom. The summed E-state index contributed by atoms with van der Waals surface area (Å²) in [6.07, 6.45) is 0. The van der Waals surface area contributed by atoms with Gasteiger partial charge >= 0.3 is 5.97 Å². The van der Waals surface area contributed by atoms with Crippen LogP contribution in [0.15, 0.2) is 0 Å². The fourth-order valence-corrected chi connectivity index (χ4v) is 0.321. The topological polar surface area (TPSA) is 37.3 Å². The molecular formula is C6H10Cl2O2. The van der Waals surface area contributed by atoms with E-state index in [1.807, 2.05) is 0 Å². The minimum Gasteiger partial charge on any atom is -0.479 e. The molecule has 60 valence electrons. The maximum absolute atomic E-state index is 10.4. The normalized spacial score (nSPS) is 13.3. The SMILES string of the molecule is CC(C)(C)C(Cl)(Cl)C(=O)O. The van der Waals surface area contributed by atoms with E-state index in [4.69, 9.17) is 28.3 Å². The molecule has 0 spiro atoms. The number of rotatable bonds is 1. The van der Waals surface area contributed by atoms with Crippen molar-refractivity contribution in [3.05, 3.63) is 0 Å². The third-order valence-corrected chi connectivity index (χ3v) is 2.67. The van der Waals surface area contributed by atoms with Gasteiger partial charge < -0.3 is 5.11 Å². The van der Waals surface area contributed by atoms with Crippen LogP contribution in [0.1, 0.15) is 20.8 Å². The number of hydrogen-bond donors (Lipinski definition) is 1. The summed E-state index contributed by atoms with van der Waals surface area (Å²) in [6, 6.07) is 0. The molecule has 0 aromatic rings. The van der Waals surface area contributed by atoms with Gasteiger partial charge in [0.05, 0.1) is 0 Å². The van der Waals surface area contributed by atoms with Crippen molar-refractivity contribution in [3.8, 4) is 0 Å². The molecule has 0 aromatic heterocycles. The highest BCUT2D eigenvalue weighted by molar-refractivity contribution is 6.57. The van der Waals surface area contributed by atoms with E-state index in [0.717, 1.165) is 0 Å². The van der Waals surface area contributed by atoms with E-state index >= 15 is 0 Å². The maximum atomic E-state index is 10.4. The Kier molecular flexibility index (Phi) is 2.60. The van der Waals surface area contributed by atoms with Gasteiger partial charge in [0.2, 0.25) is 4.33 Å². The van der Waals surface area contributed by atoms with Crippen molar-refractivity contribution in [1.82, 2.24) is 0 Å². The lowest BCUT2D eigenvalue weighted by molar-refractivity contribution is -0.140. The average Bonchev–Trinajstić information content (AvgIpc) is 1.62. The molecule has 0 rings (SSSR count). The summed E-state index contributed by atoms with van der Waals surface area (Å²) >= 11 is 11.0. The zero-order valence-corrected chi connectivity index (χ0v) is 7.62. The van der Waals surface area contributed by atoms with Crippen LogP contribution in [0.5, 0.6) is 0 Å². The number of alkyl halides is 2. The molecule has 0 fully saturated rings. The second-order valence-corrected chi connectivity index (χ2v) is 4.46. The van der Waals surface area contributed by atoms with Crippen molar-refractivity contribution >= 4 is 29.2 Å². The lowest BCUT2D eigenvalue weighted by Crippen LogP contribution is -2.39. The van der Waals surface area contributed by atoms with E-state index in [1.54, 1.807) is 20.8 Å². The Bertz CT molecular complexity index is 146. The zero-order valence-electron chi connectivity index (χ0n) is 6.11. The number of aliphatic carboxylic acids is 1. The number of carboxylic acid groups (broad SMARTS) is 1. The van der Waals surface area contributed by atoms with Crippen LogP contribution >= 0.6 is 23.2 Å². The Morgan fingerprint density at radius 3 is 1.60 bits per heavy atom. The van der Waals surface area contributed by atoms with Gasteiger partial charge in [-0.1, -0.05) is 44.0 Å². The first kappa shape index (κ1) is 10.0. The Morgan fingerprint density at radius 2 is 1.60 bits per heavy atom. The minimum absolute atomic E-state index is 0.651. The molecule has 0 atom stereocenters. The summed E-state index contributed by atoms with van der Waals surface area (Å²) < 4.78 is -1.70. The Labute approximate surface area is 70.1 Å². The van der Waals surface area contributed by atoms with E-state index in [-0.39, 0.29) is 0 Å². The van der Waals surface area contributed by atoms with Crippen LogP contribution in [0.25, 0.3) is 0 Å². The fourth-order valence-electron chi connectivity index (χ4n) is 0.321. The second kappa shape index (κ2) is 2.59. The molecule has 0 bridgehead atoms. The number of hydrogen-bond acceptors (Lipinski definition) is 1. The molecule has 0 aliphatic rings. The van der Waals surface area contributed by atoms with Crippen molar-refractivity contribution in [1.29, 1.82) is 0 Å². The first-order chi connectivity index (χ1) is 4.19. The van der Waals surface area contributed by atoms with Crippen LogP contribution in [0.4, 0.5) is 0 Å². The van der Waals surface area contributed by atoms with Crippen LogP contribution in [0.3, 0.4) is 0 Å². The first-order valence-electron chi connectivity index (χ1n) is 2.81. The van der Waals surface area contributed by atoms with Crippen LogP contribution in [-0.4, -0.2) is 15.4 Å². The van der Waals surface area contributed by atoms with Gasteiger partial charge in [0.1, 0.15) is 0 Å². The minimum atomic E-state index is -1.70. The van der Waals surface area contributed by atoms with Gasteiger partial charge in [0, 0.05) is 5.41 Å². The third-order valence-electron chi connectivity index (χ3n) is 1.21.